The van der Waals surface area contributed by atoms with Crippen molar-refractivity contribution in [3.8, 4) is 11.3 Å². The summed E-state index contributed by atoms with van der Waals surface area (Å²) in [7, 11) is 0. The van der Waals surface area contributed by atoms with Crippen LogP contribution in [0.5, 0.6) is 0 Å². The topological polar surface area (TPSA) is 22.0 Å². The van der Waals surface area contributed by atoms with Crippen molar-refractivity contribution in [3.63, 3.8) is 0 Å². The quantitative estimate of drug-likeness (QED) is 0.382. The fourth-order valence-corrected chi connectivity index (χ4v) is 4.10. The summed E-state index contributed by atoms with van der Waals surface area (Å²) in [4.78, 5) is 13.2. The zero-order chi connectivity index (χ0) is 18.2. The molecular weight excluding hydrogens is 442 g/mol. The third-order valence-corrected chi connectivity index (χ3v) is 5.55. The minimum atomic E-state index is -0.0656. The number of hydrogen-bond donors (Lipinski definition) is 0. The molecule has 3 aromatic rings. The van der Waals surface area contributed by atoms with Crippen molar-refractivity contribution in [2.24, 2.45) is 5.41 Å². The summed E-state index contributed by atoms with van der Waals surface area (Å²) in [6.07, 6.45) is 0.489. The largest absolute Gasteiger partial charge is 0.279 e. The van der Waals surface area contributed by atoms with Crippen LogP contribution in [-0.2, 0) is 5.33 Å². The Morgan fingerprint density at radius 2 is 1.76 bits per heavy atom. The minimum Gasteiger partial charge on any atom is -0.279 e. The molecule has 25 heavy (non-hydrogen) atoms. The first-order valence-corrected chi connectivity index (χ1v) is 10.2. The number of rotatable bonds is 3. The molecule has 3 rings (SSSR count). The zero-order valence-electron chi connectivity index (χ0n) is 14.6. The number of hydrogen-bond acceptors (Lipinski definition) is 1. The first-order valence-electron chi connectivity index (χ1n) is 8.29. The lowest BCUT2D eigenvalue weighted by molar-refractivity contribution is 0.0864. The predicted octanol–water partition coefficient (Wildman–Crippen LogP) is 7.04. The van der Waals surface area contributed by atoms with E-state index in [0.29, 0.717) is 6.42 Å². The van der Waals surface area contributed by atoms with Gasteiger partial charge in [0, 0.05) is 17.1 Å². The van der Waals surface area contributed by atoms with Crippen molar-refractivity contribution in [2.75, 3.05) is 0 Å². The van der Waals surface area contributed by atoms with E-state index < -0.39 is 0 Å². The number of halogens is 2. The van der Waals surface area contributed by atoms with Gasteiger partial charge in [0.25, 0.3) is 0 Å². The Morgan fingerprint density at radius 1 is 1.08 bits per heavy atom. The van der Waals surface area contributed by atoms with Crippen molar-refractivity contribution < 1.29 is 4.79 Å². The zero-order valence-corrected chi connectivity index (χ0v) is 17.8. The van der Waals surface area contributed by atoms with Gasteiger partial charge in [-0.3, -0.25) is 9.36 Å². The summed E-state index contributed by atoms with van der Waals surface area (Å²) in [5, 5.41) is 1.86. The molecule has 0 fully saturated rings. The van der Waals surface area contributed by atoms with E-state index in [1.807, 2.05) is 41.0 Å². The fraction of sp³-hybridized carbons (Fsp3) is 0.286. The van der Waals surface area contributed by atoms with Crippen molar-refractivity contribution in [1.82, 2.24) is 4.57 Å². The molecule has 0 atom stereocenters. The van der Waals surface area contributed by atoms with Crippen LogP contribution in [0.25, 0.3) is 22.2 Å². The number of nitrogens with zero attached hydrogens (tertiary/aromatic N) is 1. The van der Waals surface area contributed by atoms with Gasteiger partial charge in [-0.05, 0) is 44.6 Å². The van der Waals surface area contributed by atoms with Crippen molar-refractivity contribution in [1.29, 1.82) is 0 Å². The number of carbonyl (C=O) groups is 1. The Hall–Kier alpha value is -1.39. The average molecular weight is 463 g/mol. The van der Waals surface area contributed by atoms with Crippen LogP contribution in [0, 0.1) is 5.41 Å². The molecule has 0 N–H and O–H groups in total. The normalized spacial score (nSPS) is 11.9. The number of alkyl halides is 1. The monoisotopic (exact) mass is 461 g/mol. The standard InChI is InChI=1S/C21H21Br2NO/c1-21(2,3)12-18(25)24-17-10-9-14(13-22)11-16(17)19(23)20(24)15-7-5-4-6-8-15/h4-11H,12-13H2,1-3H3. The van der Waals surface area contributed by atoms with Crippen LogP contribution in [0.15, 0.2) is 53.0 Å². The lowest BCUT2D eigenvalue weighted by Gasteiger charge is -2.19. The number of fused-ring (bicyclic) bond motifs is 1. The Kier molecular flexibility index (Phi) is 5.21. The highest BCUT2D eigenvalue weighted by atomic mass is 79.9. The molecule has 4 heteroatoms. The van der Waals surface area contributed by atoms with Crippen LogP contribution in [0.3, 0.4) is 0 Å². The number of benzene rings is 2. The van der Waals surface area contributed by atoms with E-state index >= 15 is 0 Å². The summed E-state index contributed by atoms with van der Waals surface area (Å²) < 4.78 is 2.84. The smallest absolute Gasteiger partial charge is 0.232 e. The number of carbonyl (C=O) groups excluding carboxylic acids is 1. The Balaban J connectivity index is 2.30. The summed E-state index contributed by atoms with van der Waals surface area (Å²) in [5.41, 5.74) is 4.03. The van der Waals surface area contributed by atoms with Gasteiger partial charge in [-0.1, -0.05) is 73.1 Å². The maximum Gasteiger partial charge on any atom is 0.232 e. The van der Waals surface area contributed by atoms with E-state index in [9.17, 15) is 4.79 Å². The van der Waals surface area contributed by atoms with E-state index in [1.165, 1.54) is 5.56 Å². The molecule has 2 nitrogen and oxygen atoms in total. The van der Waals surface area contributed by atoms with Gasteiger partial charge in [0.1, 0.15) is 0 Å². The second-order valence-corrected chi connectivity index (χ2v) is 8.83. The van der Waals surface area contributed by atoms with E-state index in [4.69, 9.17) is 0 Å². The molecule has 0 saturated heterocycles. The molecule has 0 bridgehead atoms. The van der Waals surface area contributed by atoms with Crippen molar-refractivity contribution in [3.05, 3.63) is 58.6 Å². The van der Waals surface area contributed by atoms with Crippen molar-refractivity contribution >= 4 is 48.7 Å². The number of aromatic nitrogens is 1. The van der Waals surface area contributed by atoms with Crippen LogP contribution in [0.1, 0.15) is 37.6 Å². The third-order valence-electron chi connectivity index (χ3n) is 4.10. The molecule has 1 aromatic heterocycles. The van der Waals surface area contributed by atoms with Gasteiger partial charge in [-0.15, -0.1) is 0 Å². The van der Waals surface area contributed by atoms with Crippen LogP contribution >= 0.6 is 31.9 Å². The lowest BCUT2D eigenvalue weighted by Crippen LogP contribution is -2.19. The molecule has 0 saturated carbocycles. The molecule has 0 aliphatic heterocycles. The van der Waals surface area contributed by atoms with Crippen LogP contribution in [0.4, 0.5) is 0 Å². The summed E-state index contributed by atoms with van der Waals surface area (Å²) >= 11 is 7.28. The second-order valence-electron chi connectivity index (χ2n) is 7.48. The molecule has 0 aliphatic rings. The second kappa shape index (κ2) is 7.08. The van der Waals surface area contributed by atoms with Gasteiger partial charge in [0.15, 0.2) is 0 Å². The van der Waals surface area contributed by atoms with Crippen molar-refractivity contribution in [2.45, 2.75) is 32.5 Å². The van der Waals surface area contributed by atoms with Crippen LogP contribution in [-0.4, -0.2) is 10.5 Å². The Bertz CT molecular complexity index is 920. The SMILES string of the molecule is CC(C)(C)CC(=O)n1c(-c2ccccc2)c(Br)c2cc(CBr)ccc21. The maximum atomic E-state index is 13.2. The van der Waals surface area contributed by atoms with Crippen LogP contribution < -0.4 is 0 Å². The molecule has 0 unspecified atom stereocenters. The molecule has 0 aliphatic carbocycles. The lowest BCUT2D eigenvalue weighted by atomic mass is 9.92. The van der Waals surface area contributed by atoms with Gasteiger partial charge in [-0.25, -0.2) is 0 Å². The van der Waals surface area contributed by atoms with E-state index in [-0.39, 0.29) is 11.3 Å². The summed E-state index contributed by atoms with van der Waals surface area (Å²) in [6, 6.07) is 16.3. The highest BCUT2D eigenvalue weighted by Crippen LogP contribution is 2.39. The van der Waals surface area contributed by atoms with Gasteiger partial charge in [0.2, 0.25) is 5.91 Å². The molecule has 1 heterocycles. The van der Waals surface area contributed by atoms with Crippen LogP contribution in [0.2, 0.25) is 0 Å². The maximum absolute atomic E-state index is 13.2. The average Bonchev–Trinajstić information content (AvgIpc) is 2.86. The van der Waals surface area contributed by atoms with E-state index in [1.54, 1.807) is 0 Å². The highest BCUT2D eigenvalue weighted by Gasteiger charge is 2.24. The molecule has 0 spiro atoms. The molecular formula is C21H21Br2NO. The Morgan fingerprint density at radius 3 is 2.36 bits per heavy atom. The summed E-state index contributed by atoms with van der Waals surface area (Å²) in [5.74, 6) is 0.119. The fourth-order valence-electron chi connectivity index (χ4n) is 3.03. The molecule has 2 aromatic carbocycles. The van der Waals surface area contributed by atoms with Gasteiger partial charge >= 0.3 is 0 Å². The predicted molar refractivity (Wildman–Crippen MR) is 112 cm³/mol. The molecule has 0 amide bonds. The Labute approximate surface area is 165 Å². The molecule has 130 valence electrons. The first-order chi connectivity index (χ1) is 11.8. The molecule has 0 radical (unpaired) electrons. The van der Waals surface area contributed by atoms with Gasteiger partial charge in [-0.2, -0.15) is 0 Å². The summed E-state index contributed by atoms with van der Waals surface area (Å²) in [6.45, 7) is 6.28. The van der Waals surface area contributed by atoms with Gasteiger partial charge < -0.3 is 0 Å². The van der Waals surface area contributed by atoms with Gasteiger partial charge in [0.05, 0.1) is 15.7 Å². The highest BCUT2D eigenvalue weighted by molar-refractivity contribution is 9.10. The minimum absolute atomic E-state index is 0.0656. The van der Waals surface area contributed by atoms with E-state index in [2.05, 4.69) is 64.8 Å². The first kappa shape index (κ1) is 18.4. The van der Waals surface area contributed by atoms with E-state index in [0.717, 1.165) is 32.0 Å². The third kappa shape index (κ3) is 3.75.